The second kappa shape index (κ2) is 7.31. The molecule has 2 rings (SSSR count). The molecule has 1 aliphatic rings. The van der Waals surface area contributed by atoms with Crippen LogP contribution in [0.25, 0.3) is 0 Å². The van der Waals surface area contributed by atoms with Crippen LogP contribution in [0.5, 0.6) is 0 Å². The molecule has 1 aliphatic heterocycles. The van der Waals surface area contributed by atoms with Crippen LogP contribution < -0.4 is 5.32 Å². The van der Waals surface area contributed by atoms with Crippen molar-refractivity contribution in [2.75, 3.05) is 45.8 Å². The fourth-order valence-electron chi connectivity index (χ4n) is 2.33. The van der Waals surface area contributed by atoms with Gasteiger partial charge in [-0.25, -0.2) is 0 Å². The zero-order valence-corrected chi connectivity index (χ0v) is 11.6. The van der Waals surface area contributed by atoms with Gasteiger partial charge in [-0.1, -0.05) is 6.92 Å². The molecule has 1 amide bonds. The topological polar surface area (TPSA) is 48.7 Å². The Balaban J connectivity index is 1.56. The zero-order valence-electron chi connectivity index (χ0n) is 11.6. The van der Waals surface area contributed by atoms with Crippen molar-refractivity contribution >= 4 is 5.91 Å². The van der Waals surface area contributed by atoms with E-state index in [0.717, 1.165) is 52.2 Å². The third-order valence-electron chi connectivity index (χ3n) is 3.63. The summed E-state index contributed by atoms with van der Waals surface area (Å²) in [5.74, 6) is -0.0513. The summed E-state index contributed by atoms with van der Waals surface area (Å²) in [5.41, 5.74) is 0.594. The minimum atomic E-state index is -0.0513. The molecule has 0 radical (unpaired) electrons. The molecular weight excluding hydrogens is 242 g/mol. The Kier molecular flexibility index (Phi) is 5.42. The molecule has 0 unspecified atom stereocenters. The largest absolute Gasteiger partial charge is 0.472 e. The van der Waals surface area contributed by atoms with Crippen molar-refractivity contribution in [1.82, 2.24) is 15.1 Å². The zero-order chi connectivity index (χ0) is 13.5. The van der Waals surface area contributed by atoms with E-state index < -0.39 is 0 Å². The number of rotatable bonds is 6. The van der Waals surface area contributed by atoms with E-state index in [0.29, 0.717) is 5.56 Å². The number of nitrogens with one attached hydrogen (secondary N) is 1. The van der Waals surface area contributed by atoms with E-state index >= 15 is 0 Å². The number of furan rings is 1. The van der Waals surface area contributed by atoms with Crippen molar-refractivity contribution in [2.45, 2.75) is 13.3 Å². The molecule has 5 heteroatoms. The van der Waals surface area contributed by atoms with Crippen molar-refractivity contribution in [3.05, 3.63) is 24.2 Å². The average molecular weight is 265 g/mol. The third kappa shape index (κ3) is 4.36. The van der Waals surface area contributed by atoms with Gasteiger partial charge in [0.15, 0.2) is 0 Å². The van der Waals surface area contributed by atoms with Crippen molar-refractivity contribution in [1.29, 1.82) is 0 Å². The molecule has 0 aliphatic carbocycles. The predicted octanol–water partition coefficient (Wildman–Crippen LogP) is 1.04. The minimum Gasteiger partial charge on any atom is -0.472 e. The van der Waals surface area contributed by atoms with Gasteiger partial charge in [-0.2, -0.15) is 0 Å². The molecule has 1 saturated heterocycles. The van der Waals surface area contributed by atoms with E-state index in [9.17, 15) is 4.79 Å². The maximum absolute atomic E-state index is 11.6. The van der Waals surface area contributed by atoms with Crippen LogP contribution in [0.15, 0.2) is 23.0 Å². The molecule has 106 valence electrons. The Hall–Kier alpha value is -1.33. The van der Waals surface area contributed by atoms with Crippen LogP contribution in [0.1, 0.15) is 23.7 Å². The van der Waals surface area contributed by atoms with E-state index in [4.69, 9.17) is 4.42 Å². The van der Waals surface area contributed by atoms with Gasteiger partial charge in [0.25, 0.3) is 5.91 Å². The monoisotopic (exact) mass is 265 g/mol. The second-order valence-electron chi connectivity index (χ2n) is 4.90. The van der Waals surface area contributed by atoms with Gasteiger partial charge < -0.3 is 19.5 Å². The molecule has 0 aromatic carbocycles. The van der Waals surface area contributed by atoms with Gasteiger partial charge in [0, 0.05) is 32.7 Å². The lowest BCUT2D eigenvalue weighted by atomic mass is 10.2. The quantitative estimate of drug-likeness (QED) is 0.781. The summed E-state index contributed by atoms with van der Waals surface area (Å²) < 4.78 is 4.88. The molecule has 5 nitrogen and oxygen atoms in total. The maximum atomic E-state index is 11.6. The Bertz CT molecular complexity index is 370. The van der Waals surface area contributed by atoms with Gasteiger partial charge in [0.2, 0.25) is 0 Å². The van der Waals surface area contributed by atoms with Crippen LogP contribution in [-0.2, 0) is 0 Å². The number of piperazine rings is 1. The summed E-state index contributed by atoms with van der Waals surface area (Å²) in [5, 5.41) is 2.91. The first-order valence-electron chi connectivity index (χ1n) is 7.04. The minimum absolute atomic E-state index is 0.0513. The Morgan fingerprint density at radius 1 is 1.32 bits per heavy atom. The average Bonchev–Trinajstić information content (AvgIpc) is 2.98. The second-order valence-corrected chi connectivity index (χ2v) is 4.90. The highest BCUT2D eigenvalue weighted by atomic mass is 16.3. The van der Waals surface area contributed by atoms with Gasteiger partial charge >= 0.3 is 0 Å². The summed E-state index contributed by atoms with van der Waals surface area (Å²) in [6.45, 7) is 9.75. The fraction of sp³-hybridized carbons (Fsp3) is 0.643. The van der Waals surface area contributed by atoms with Gasteiger partial charge in [0.05, 0.1) is 11.8 Å². The number of likely N-dealkylation sites (N-methyl/N-ethyl adjacent to an activating group) is 1. The van der Waals surface area contributed by atoms with Crippen LogP contribution >= 0.6 is 0 Å². The van der Waals surface area contributed by atoms with Gasteiger partial charge in [-0.3, -0.25) is 4.79 Å². The van der Waals surface area contributed by atoms with Crippen molar-refractivity contribution in [2.24, 2.45) is 0 Å². The van der Waals surface area contributed by atoms with Gasteiger partial charge in [-0.15, -0.1) is 0 Å². The van der Waals surface area contributed by atoms with Crippen molar-refractivity contribution in [3.8, 4) is 0 Å². The molecule has 0 atom stereocenters. The predicted molar refractivity (Wildman–Crippen MR) is 74.2 cm³/mol. The number of amides is 1. The number of carbonyl (C=O) groups is 1. The van der Waals surface area contributed by atoms with Crippen molar-refractivity contribution < 1.29 is 9.21 Å². The van der Waals surface area contributed by atoms with E-state index in [1.165, 1.54) is 12.5 Å². The van der Waals surface area contributed by atoms with Crippen molar-refractivity contribution in [3.63, 3.8) is 0 Å². The molecule has 1 fully saturated rings. The third-order valence-corrected chi connectivity index (χ3v) is 3.63. The lowest BCUT2D eigenvalue weighted by Gasteiger charge is -2.33. The number of carbonyl (C=O) groups excluding carboxylic acids is 1. The summed E-state index contributed by atoms with van der Waals surface area (Å²) in [6, 6.07) is 1.68. The molecule has 0 spiro atoms. The molecule has 1 aromatic rings. The standard InChI is InChI=1S/C14H23N3O2/c1-2-16-7-9-17(10-8-16)6-3-5-15-14(18)13-4-11-19-12-13/h4,11-12H,2-3,5-10H2,1H3,(H,15,18). The Labute approximate surface area is 114 Å². The van der Waals surface area contributed by atoms with Crippen LogP contribution in [0.3, 0.4) is 0 Å². The van der Waals surface area contributed by atoms with Crippen LogP contribution in [0.2, 0.25) is 0 Å². The molecule has 2 heterocycles. The summed E-state index contributed by atoms with van der Waals surface area (Å²) >= 11 is 0. The van der Waals surface area contributed by atoms with Crippen LogP contribution in [0, 0.1) is 0 Å². The first-order valence-corrected chi connectivity index (χ1v) is 7.04. The Morgan fingerprint density at radius 2 is 2.05 bits per heavy atom. The molecule has 0 bridgehead atoms. The lowest BCUT2D eigenvalue weighted by Crippen LogP contribution is -2.46. The summed E-state index contributed by atoms with van der Waals surface area (Å²) in [7, 11) is 0. The molecule has 1 N–H and O–H groups in total. The highest BCUT2D eigenvalue weighted by Gasteiger charge is 2.14. The summed E-state index contributed by atoms with van der Waals surface area (Å²) in [6.07, 6.45) is 3.98. The highest BCUT2D eigenvalue weighted by Crippen LogP contribution is 2.02. The molecule has 0 saturated carbocycles. The fourth-order valence-corrected chi connectivity index (χ4v) is 2.33. The smallest absolute Gasteiger partial charge is 0.254 e. The first kappa shape index (κ1) is 14.1. The van der Waals surface area contributed by atoms with E-state index in [1.807, 2.05) is 0 Å². The highest BCUT2D eigenvalue weighted by molar-refractivity contribution is 5.93. The maximum Gasteiger partial charge on any atom is 0.254 e. The summed E-state index contributed by atoms with van der Waals surface area (Å²) in [4.78, 5) is 16.6. The lowest BCUT2D eigenvalue weighted by molar-refractivity contribution is 0.0947. The molecule has 19 heavy (non-hydrogen) atoms. The number of nitrogens with zero attached hydrogens (tertiary/aromatic N) is 2. The normalized spacial score (nSPS) is 17.5. The SMILES string of the molecule is CCN1CCN(CCCNC(=O)c2ccoc2)CC1. The van der Waals surface area contributed by atoms with Gasteiger partial charge in [-0.05, 0) is 25.6 Å². The number of hydrogen-bond donors (Lipinski definition) is 1. The van der Waals surface area contributed by atoms with E-state index in [1.54, 1.807) is 6.07 Å². The first-order chi connectivity index (χ1) is 9.29. The van der Waals surface area contributed by atoms with E-state index in [-0.39, 0.29) is 5.91 Å². The Morgan fingerprint density at radius 3 is 2.68 bits per heavy atom. The van der Waals surface area contributed by atoms with E-state index in [2.05, 4.69) is 22.0 Å². The van der Waals surface area contributed by atoms with Crippen LogP contribution in [-0.4, -0.2) is 61.5 Å². The van der Waals surface area contributed by atoms with Gasteiger partial charge in [0.1, 0.15) is 6.26 Å². The van der Waals surface area contributed by atoms with Crippen LogP contribution in [0.4, 0.5) is 0 Å². The molecule has 1 aromatic heterocycles. The number of hydrogen-bond acceptors (Lipinski definition) is 4. The molecular formula is C14H23N3O2.